The zero-order valence-electron chi connectivity index (χ0n) is 19.3. The summed E-state index contributed by atoms with van der Waals surface area (Å²) in [6.07, 6.45) is 6.02. The van der Waals surface area contributed by atoms with Gasteiger partial charge >= 0.3 is 6.03 Å². The summed E-state index contributed by atoms with van der Waals surface area (Å²) in [6.45, 7) is 0.159. The Morgan fingerprint density at radius 3 is 2.64 bits per heavy atom. The molecule has 5 rings (SSSR count). The van der Waals surface area contributed by atoms with E-state index in [1.807, 2.05) is 6.07 Å². The van der Waals surface area contributed by atoms with Crippen LogP contribution in [-0.2, 0) is 6.54 Å². The van der Waals surface area contributed by atoms with E-state index in [-0.39, 0.29) is 29.9 Å². The second-order valence-electron chi connectivity index (χ2n) is 8.71. The molecular weight excluding hydrogens is 461 g/mol. The molecule has 1 fully saturated rings. The topological polar surface area (TPSA) is 109 Å². The molecule has 1 saturated carbocycles. The van der Waals surface area contributed by atoms with Gasteiger partial charge in [0.2, 0.25) is 0 Å². The van der Waals surface area contributed by atoms with Crippen LogP contribution in [0, 0.1) is 5.82 Å². The van der Waals surface area contributed by atoms with Gasteiger partial charge in [-0.1, -0.05) is 18.6 Å². The molecule has 2 aromatic carbocycles. The summed E-state index contributed by atoms with van der Waals surface area (Å²) in [6, 6.07) is 15.5. The molecule has 3 N–H and O–H groups in total. The van der Waals surface area contributed by atoms with Crippen molar-refractivity contribution in [3.05, 3.63) is 95.7 Å². The zero-order chi connectivity index (χ0) is 25.1. The molecule has 1 aliphatic rings. The van der Waals surface area contributed by atoms with E-state index < -0.39 is 6.03 Å². The van der Waals surface area contributed by atoms with Crippen molar-refractivity contribution in [2.24, 2.45) is 0 Å². The number of phenols is 1. The Labute approximate surface area is 206 Å². The normalized spacial score (nSPS) is 13.1. The van der Waals surface area contributed by atoms with Crippen LogP contribution in [0.1, 0.15) is 46.8 Å². The number of aromatic nitrogens is 3. The fourth-order valence-electron chi connectivity index (χ4n) is 4.11. The van der Waals surface area contributed by atoms with Gasteiger partial charge in [0.1, 0.15) is 11.6 Å². The summed E-state index contributed by atoms with van der Waals surface area (Å²) in [5, 5.41) is 20.7. The van der Waals surface area contributed by atoms with Crippen molar-refractivity contribution in [1.82, 2.24) is 20.1 Å². The lowest BCUT2D eigenvalue weighted by molar-refractivity contribution is 0.102. The van der Waals surface area contributed by atoms with Crippen LogP contribution in [0.3, 0.4) is 0 Å². The number of halogens is 1. The van der Waals surface area contributed by atoms with Crippen molar-refractivity contribution in [2.45, 2.75) is 31.7 Å². The Balaban J connectivity index is 1.36. The van der Waals surface area contributed by atoms with E-state index in [2.05, 4.69) is 20.7 Å². The van der Waals surface area contributed by atoms with Crippen molar-refractivity contribution in [1.29, 1.82) is 0 Å². The SMILES string of the molecule is O=C(Nc1ccc(-c2cc(C3CCC3)n(C(=O)NCc3cccc(F)c3)n2)c(O)c1)c1cccnc1. The number of hydrogen-bond acceptors (Lipinski definition) is 5. The number of phenolic OH excluding ortho intramolecular Hbond substituents is 1. The largest absolute Gasteiger partial charge is 0.507 e. The monoisotopic (exact) mass is 485 g/mol. The first-order chi connectivity index (χ1) is 17.5. The molecule has 8 nitrogen and oxygen atoms in total. The third kappa shape index (κ3) is 4.95. The van der Waals surface area contributed by atoms with Crippen molar-refractivity contribution < 1.29 is 19.1 Å². The maximum Gasteiger partial charge on any atom is 0.342 e. The molecule has 1 aliphatic carbocycles. The quantitative estimate of drug-likeness (QED) is 0.353. The van der Waals surface area contributed by atoms with Gasteiger partial charge in [-0.25, -0.2) is 9.18 Å². The predicted octanol–water partition coefficient (Wildman–Crippen LogP) is 5.07. The highest BCUT2D eigenvalue weighted by molar-refractivity contribution is 6.04. The van der Waals surface area contributed by atoms with Crippen molar-refractivity contribution in [2.75, 3.05) is 5.32 Å². The number of benzene rings is 2. The molecule has 0 saturated heterocycles. The molecule has 0 spiro atoms. The average molecular weight is 486 g/mol. The number of anilines is 1. The summed E-state index contributed by atoms with van der Waals surface area (Å²) in [7, 11) is 0. The number of aromatic hydroxyl groups is 1. The number of nitrogens with zero attached hydrogens (tertiary/aromatic N) is 3. The van der Waals surface area contributed by atoms with Gasteiger partial charge in [-0.2, -0.15) is 9.78 Å². The molecule has 4 aromatic rings. The maximum atomic E-state index is 13.5. The molecule has 2 heterocycles. The van der Waals surface area contributed by atoms with E-state index in [1.54, 1.807) is 42.6 Å². The lowest BCUT2D eigenvalue weighted by Crippen LogP contribution is -2.31. The van der Waals surface area contributed by atoms with Gasteiger partial charge in [-0.05, 0) is 60.9 Å². The highest BCUT2D eigenvalue weighted by Crippen LogP contribution is 2.39. The van der Waals surface area contributed by atoms with Crippen LogP contribution in [0.4, 0.5) is 14.9 Å². The summed E-state index contributed by atoms with van der Waals surface area (Å²) in [5.41, 5.74) is 3.10. The Morgan fingerprint density at radius 1 is 1.08 bits per heavy atom. The predicted molar refractivity (Wildman–Crippen MR) is 132 cm³/mol. The number of carbonyl (C=O) groups excluding carboxylic acids is 2. The minimum absolute atomic E-state index is 0.0797. The number of nitrogens with one attached hydrogen (secondary N) is 2. The van der Waals surface area contributed by atoms with Crippen molar-refractivity contribution in [3.63, 3.8) is 0 Å². The van der Waals surface area contributed by atoms with Crippen LogP contribution >= 0.6 is 0 Å². The summed E-state index contributed by atoms with van der Waals surface area (Å²) in [4.78, 5) is 29.3. The molecule has 0 unspecified atom stereocenters. The fraction of sp³-hybridized carbons (Fsp3) is 0.185. The summed E-state index contributed by atoms with van der Waals surface area (Å²) >= 11 is 0. The molecule has 182 valence electrons. The lowest BCUT2D eigenvalue weighted by Gasteiger charge is -2.25. The molecule has 2 aromatic heterocycles. The highest BCUT2D eigenvalue weighted by Gasteiger charge is 2.27. The number of carbonyl (C=O) groups is 2. The first-order valence-electron chi connectivity index (χ1n) is 11.7. The fourth-order valence-corrected chi connectivity index (χ4v) is 4.11. The molecular formula is C27H24FN5O3. The molecule has 0 atom stereocenters. The Kier molecular flexibility index (Phi) is 6.44. The van der Waals surface area contributed by atoms with E-state index in [0.29, 0.717) is 28.1 Å². The first-order valence-corrected chi connectivity index (χ1v) is 11.7. The van der Waals surface area contributed by atoms with Gasteiger partial charge in [-0.3, -0.25) is 9.78 Å². The van der Waals surface area contributed by atoms with Gasteiger partial charge in [0.05, 0.1) is 17.0 Å². The highest BCUT2D eigenvalue weighted by atomic mass is 19.1. The minimum Gasteiger partial charge on any atom is -0.507 e. The van der Waals surface area contributed by atoms with E-state index in [0.717, 1.165) is 25.0 Å². The van der Waals surface area contributed by atoms with E-state index in [4.69, 9.17) is 0 Å². The molecule has 36 heavy (non-hydrogen) atoms. The standard InChI is InChI=1S/C27H24FN5O3/c28-20-8-1-4-17(12-20)15-30-27(36)33-24(18-5-2-6-18)14-23(32-33)22-10-9-21(13-25(22)34)31-26(35)19-7-3-11-29-16-19/h1,3-4,7-14,16,18,34H,2,5-6,15H2,(H,30,36)(H,31,35). The van der Waals surface area contributed by atoms with Crippen molar-refractivity contribution >= 4 is 17.6 Å². The second kappa shape index (κ2) is 9.99. The Hall–Kier alpha value is -4.53. The van der Waals surface area contributed by atoms with Crippen LogP contribution in [-0.4, -0.2) is 31.8 Å². The third-order valence-corrected chi connectivity index (χ3v) is 6.24. The van der Waals surface area contributed by atoms with Crippen LogP contribution < -0.4 is 10.6 Å². The molecule has 0 radical (unpaired) electrons. The van der Waals surface area contributed by atoms with E-state index >= 15 is 0 Å². The molecule has 9 heteroatoms. The molecule has 0 aliphatic heterocycles. The van der Waals surface area contributed by atoms with Crippen LogP contribution in [0.15, 0.2) is 73.1 Å². The Morgan fingerprint density at radius 2 is 1.94 bits per heavy atom. The first kappa shape index (κ1) is 23.2. The minimum atomic E-state index is -0.424. The van der Waals surface area contributed by atoms with Crippen LogP contribution in [0.25, 0.3) is 11.3 Å². The average Bonchev–Trinajstić information content (AvgIpc) is 3.26. The van der Waals surface area contributed by atoms with Crippen molar-refractivity contribution in [3.8, 4) is 17.0 Å². The third-order valence-electron chi connectivity index (χ3n) is 6.24. The summed E-state index contributed by atoms with van der Waals surface area (Å²) in [5.74, 6) is -0.592. The van der Waals surface area contributed by atoms with E-state index in [1.165, 1.54) is 29.1 Å². The van der Waals surface area contributed by atoms with E-state index in [9.17, 15) is 19.1 Å². The van der Waals surface area contributed by atoms with Gasteiger partial charge in [0.25, 0.3) is 5.91 Å². The van der Waals surface area contributed by atoms with Crippen LogP contribution in [0.5, 0.6) is 5.75 Å². The van der Waals surface area contributed by atoms with Gasteiger partial charge in [0, 0.05) is 42.2 Å². The molecule has 0 bridgehead atoms. The number of amides is 2. The lowest BCUT2D eigenvalue weighted by atomic mass is 9.82. The van der Waals surface area contributed by atoms with Crippen LogP contribution in [0.2, 0.25) is 0 Å². The maximum absolute atomic E-state index is 13.5. The number of pyridine rings is 1. The molecule has 2 amide bonds. The summed E-state index contributed by atoms with van der Waals surface area (Å²) < 4.78 is 14.8. The van der Waals surface area contributed by atoms with Gasteiger partial charge in [-0.15, -0.1) is 0 Å². The zero-order valence-corrected chi connectivity index (χ0v) is 19.3. The van der Waals surface area contributed by atoms with Gasteiger partial charge in [0.15, 0.2) is 0 Å². The smallest absolute Gasteiger partial charge is 0.342 e. The second-order valence-corrected chi connectivity index (χ2v) is 8.71. The van der Waals surface area contributed by atoms with Gasteiger partial charge < -0.3 is 15.7 Å². The Bertz CT molecular complexity index is 1420. The number of hydrogen-bond donors (Lipinski definition) is 3. The number of rotatable bonds is 6.